The number of carboxylic acids is 2. The highest BCUT2D eigenvalue weighted by molar-refractivity contribution is 7.92. The van der Waals surface area contributed by atoms with Gasteiger partial charge in [-0.3, -0.25) is 18.7 Å². The number of benzene rings is 2. The lowest BCUT2D eigenvalue weighted by molar-refractivity contribution is -0.135. The van der Waals surface area contributed by atoms with E-state index in [1.807, 2.05) is 0 Å². The second-order valence-corrected chi connectivity index (χ2v) is 10.8. The van der Waals surface area contributed by atoms with Crippen LogP contribution in [0.25, 0.3) is 0 Å². The molecule has 8 N–H and O–H groups in total. The van der Waals surface area contributed by atoms with Gasteiger partial charge in [0.2, 0.25) is 0 Å². The zero-order chi connectivity index (χ0) is 26.0. The third kappa shape index (κ3) is 13.7. The van der Waals surface area contributed by atoms with Crippen molar-refractivity contribution in [2.45, 2.75) is 9.79 Å². The molecule has 0 spiro atoms. The zero-order valence-corrected chi connectivity index (χ0v) is 18.9. The van der Waals surface area contributed by atoms with Gasteiger partial charge in [0.05, 0.1) is 9.79 Å². The lowest BCUT2D eigenvalue weighted by atomic mass is 10.3. The first-order valence-corrected chi connectivity index (χ1v) is 12.8. The Bertz CT molecular complexity index is 1170. The molecule has 2 aromatic carbocycles. The van der Waals surface area contributed by atoms with Crippen LogP contribution in [0.3, 0.4) is 0 Å². The average molecular weight is 529 g/mol. The lowest BCUT2D eigenvalue weighted by Crippen LogP contribution is -2.15. The Morgan fingerprint density at radius 2 is 0.818 bits per heavy atom. The van der Waals surface area contributed by atoms with Gasteiger partial charge < -0.3 is 21.7 Å². The number of aliphatic carboxylic acids is 2. The van der Waals surface area contributed by atoms with Crippen LogP contribution in [0.5, 0.6) is 0 Å². The molecule has 0 aliphatic heterocycles. The van der Waals surface area contributed by atoms with Crippen molar-refractivity contribution in [1.29, 1.82) is 0 Å². The van der Waals surface area contributed by atoms with Crippen molar-refractivity contribution in [2.24, 2.45) is 0 Å². The quantitative estimate of drug-likeness (QED) is 0.206. The number of nitrogens with two attached hydrogens (primary N) is 2. The van der Waals surface area contributed by atoms with E-state index in [1.165, 1.54) is 48.5 Å². The minimum Gasteiger partial charge on any atom is -0.480 e. The average Bonchev–Trinajstić information content (AvgIpc) is 2.59. The van der Waals surface area contributed by atoms with E-state index in [4.69, 9.17) is 39.2 Å². The van der Waals surface area contributed by atoms with E-state index in [1.54, 1.807) is 0 Å². The minimum absolute atomic E-state index is 0.0332. The molecule has 33 heavy (non-hydrogen) atoms. The fourth-order valence-electron chi connectivity index (χ4n) is 1.84. The van der Waals surface area contributed by atoms with E-state index >= 15 is 0 Å². The second-order valence-electron chi connectivity index (χ2n) is 5.89. The maximum atomic E-state index is 11.3. The lowest BCUT2D eigenvalue weighted by Gasteiger charge is -2.01. The largest absolute Gasteiger partial charge is 0.480 e. The monoisotopic (exact) mass is 528 g/mol. The summed E-state index contributed by atoms with van der Waals surface area (Å²) in [6.07, 6.45) is 0. The predicted octanol–water partition coefficient (Wildman–Crippen LogP) is -0.399. The van der Waals surface area contributed by atoms with Crippen LogP contribution < -0.4 is 11.5 Å². The highest BCUT2D eigenvalue weighted by Crippen LogP contribution is 2.14. The molecule has 0 unspecified atom stereocenters. The molecule has 0 fully saturated rings. The summed E-state index contributed by atoms with van der Waals surface area (Å²) in [5, 5.41) is 16.7. The van der Waals surface area contributed by atoms with E-state index < -0.39 is 53.5 Å². The molecule has 0 saturated carbocycles. The molecule has 2 rings (SSSR count). The number of nitrogen functional groups attached to an aromatic ring is 2. The van der Waals surface area contributed by atoms with Gasteiger partial charge in [0.25, 0.3) is 0 Å². The van der Waals surface area contributed by atoms with Crippen molar-refractivity contribution in [2.75, 3.05) is 23.0 Å². The van der Waals surface area contributed by atoms with Crippen LogP contribution in [-0.2, 0) is 39.7 Å². The maximum Gasteiger partial charge on any atom is 0.394 e. The normalized spacial score (nSPS) is 11.2. The van der Waals surface area contributed by atoms with Gasteiger partial charge in [0, 0.05) is 11.4 Å². The molecule has 184 valence electrons. The number of anilines is 2. The Morgan fingerprint density at radius 3 is 1.00 bits per heavy atom. The second kappa shape index (κ2) is 12.1. The Labute approximate surface area is 188 Å². The SMILES string of the molecule is Nc1ccc(S(=O)(=O)CC(=O)O)cc1.Nc1ccc(S(=O)(=O)CC(=O)O)cc1.O=S(=O)(O)O. The van der Waals surface area contributed by atoms with Crippen LogP contribution >= 0.6 is 0 Å². The van der Waals surface area contributed by atoms with E-state index in [2.05, 4.69) is 0 Å². The number of rotatable bonds is 6. The summed E-state index contributed by atoms with van der Waals surface area (Å²) in [6, 6.07) is 10.8. The van der Waals surface area contributed by atoms with Gasteiger partial charge in [-0.2, -0.15) is 8.42 Å². The van der Waals surface area contributed by atoms with E-state index in [-0.39, 0.29) is 9.79 Å². The van der Waals surface area contributed by atoms with Gasteiger partial charge in [-0.05, 0) is 48.5 Å². The van der Waals surface area contributed by atoms with Crippen LogP contribution in [0.1, 0.15) is 0 Å². The summed E-state index contributed by atoms with van der Waals surface area (Å²) < 4.78 is 76.9. The molecule has 0 aliphatic carbocycles. The Hall–Kier alpha value is -3.25. The van der Waals surface area contributed by atoms with Crippen molar-refractivity contribution >= 4 is 53.4 Å². The summed E-state index contributed by atoms with van der Waals surface area (Å²) in [6.45, 7) is 0. The van der Waals surface area contributed by atoms with Crippen molar-refractivity contribution in [3.63, 3.8) is 0 Å². The fourth-order valence-corrected chi connectivity index (χ4v) is 3.93. The minimum atomic E-state index is -4.67. The molecule has 0 aromatic heterocycles. The van der Waals surface area contributed by atoms with Gasteiger partial charge in [0.1, 0.15) is 0 Å². The van der Waals surface area contributed by atoms with Crippen LogP contribution in [0, 0.1) is 0 Å². The molecule has 0 amide bonds. The first kappa shape index (κ1) is 29.8. The molecular weight excluding hydrogens is 508 g/mol. The maximum absolute atomic E-state index is 11.3. The molecule has 0 bridgehead atoms. The van der Waals surface area contributed by atoms with E-state index in [0.717, 1.165) is 0 Å². The first-order chi connectivity index (χ1) is 14.8. The third-order valence-corrected chi connectivity index (χ3v) is 6.34. The Kier molecular flexibility index (Phi) is 10.9. The Morgan fingerprint density at radius 1 is 0.606 bits per heavy atom. The van der Waals surface area contributed by atoms with E-state index in [9.17, 15) is 26.4 Å². The van der Waals surface area contributed by atoms with Crippen molar-refractivity contribution in [1.82, 2.24) is 0 Å². The van der Waals surface area contributed by atoms with Crippen LogP contribution in [0.15, 0.2) is 58.3 Å². The highest BCUT2D eigenvalue weighted by atomic mass is 32.3. The molecule has 0 atom stereocenters. The molecule has 17 heteroatoms. The van der Waals surface area contributed by atoms with Crippen molar-refractivity contribution < 1.29 is 54.2 Å². The summed E-state index contributed by atoms with van der Waals surface area (Å²) in [5.74, 6) is -4.56. The van der Waals surface area contributed by atoms with Gasteiger partial charge >= 0.3 is 22.3 Å². The molecule has 0 aliphatic rings. The summed E-state index contributed by atoms with van der Waals surface area (Å²) in [7, 11) is -12.1. The molecule has 14 nitrogen and oxygen atoms in total. The summed E-state index contributed by atoms with van der Waals surface area (Å²) in [4.78, 5) is 20.4. The van der Waals surface area contributed by atoms with Crippen molar-refractivity contribution in [3.8, 4) is 0 Å². The smallest absolute Gasteiger partial charge is 0.394 e. The molecular formula is C16H20N2O12S3. The van der Waals surface area contributed by atoms with Gasteiger partial charge in [-0.15, -0.1) is 0 Å². The molecule has 0 heterocycles. The van der Waals surface area contributed by atoms with Gasteiger partial charge in [-0.1, -0.05) is 0 Å². The van der Waals surface area contributed by atoms with Crippen LogP contribution in [0.4, 0.5) is 11.4 Å². The predicted molar refractivity (Wildman–Crippen MR) is 115 cm³/mol. The van der Waals surface area contributed by atoms with Gasteiger partial charge in [-0.25, -0.2) is 16.8 Å². The fraction of sp³-hybridized carbons (Fsp3) is 0.125. The Balaban J connectivity index is 0.000000517. The number of hydrogen-bond donors (Lipinski definition) is 6. The summed E-state index contributed by atoms with van der Waals surface area (Å²) in [5.41, 5.74) is 11.6. The van der Waals surface area contributed by atoms with Crippen LogP contribution in [0.2, 0.25) is 0 Å². The topological polar surface area (TPSA) is 270 Å². The number of carboxylic acid groups (broad SMARTS) is 2. The van der Waals surface area contributed by atoms with E-state index in [0.29, 0.717) is 11.4 Å². The number of carbonyl (C=O) groups is 2. The highest BCUT2D eigenvalue weighted by Gasteiger charge is 2.18. The third-order valence-electron chi connectivity index (χ3n) is 3.11. The standard InChI is InChI=1S/2C8H9NO4S.H2O4S/c2*9-6-1-3-7(4-2-6)14(12,13)5-8(10)11;1-5(2,3)4/h2*1-4H,5,9H2,(H,10,11);(H2,1,2,3,4). The molecule has 2 aromatic rings. The number of sulfone groups is 2. The zero-order valence-electron chi connectivity index (χ0n) is 16.5. The number of hydrogen-bond acceptors (Lipinski definition) is 10. The molecule has 0 saturated heterocycles. The van der Waals surface area contributed by atoms with Crippen LogP contribution in [-0.4, -0.2) is 68.0 Å². The van der Waals surface area contributed by atoms with Crippen molar-refractivity contribution in [3.05, 3.63) is 48.5 Å². The molecule has 0 radical (unpaired) electrons. The first-order valence-electron chi connectivity index (χ1n) is 8.13. The summed E-state index contributed by atoms with van der Waals surface area (Å²) >= 11 is 0. The van der Waals surface area contributed by atoms with Gasteiger partial charge in [0.15, 0.2) is 31.2 Å².